The molecule has 19 heavy (non-hydrogen) atoms. The van der Waals surface area contributed by atoms with E-state index in [9.17, 15) is 4.79 Å². The van der Waals surface area contributed by atoms with Crippen molar-refractivity contribution < 1.29 is 9.53 Å². The molecule has 1 unspecified atom stereocenters. The van der Waals surface area contributed by atoms with E-state index >= 15 is 0 Å². The van der Waals surface area contributed by atoms with E-state index in [4.69, 9.17) is 10.5 Å². The number of esters is 1. The van der Waals surface area contributed by atoms with E-state index in [1.54, 1.807) is 0 Å². The molecule has 1 heterocycles. The summed E-state index contributed by atoms with van der Waals surface area (Å²) in [6.07, 6.45) is 1.91. The number of piperidine rings is 1. The predicted octanol–water partition coefficient (Wildman–Crippen LogP) is 2.01. The second-order valence-corrected chi connectivity index (χ2v) is 5.33. The Hall–Kier alpha value is -1.55. The third-order valence-electron chi connectivity index (χ3n) is 3.71. The lowest BCUT2D eigenvalue weighted by Crippen LogP contribution is -2.36. The van der Waals surface area contributed by atoms with Gasteiger partial charge in [0.25, 0.3) is 0 Å². The first-order chi connectivity index (χ1) is 9.06. The molecule has 0 radical (unpaired) electrons. The number of nitrogens with two attached hydrogens (primary N) is 1. The minimum absolute atomic E-state index is 0.0622. The summed E-state index contributed by atoms with van der Waals surface area (Å²) in [5.74, 6) is -0.414. The number of benzene rings is 1. The fraction of sp³-hybridized carbons (Fsp3) is 0.533. The Kier molecular flexibility index (Phi) is 4.43. The van der Waals surface area contributed by atoms with Crippen LogP contribution in [0.1, 0.15) is 31.2 Å². The number of anilines is 1. The molecule has 1 fully saturated rings. The molecular weight excluding hydrogens is 240 g/mol. The maximum atomic E-state index is 12.1. The molecule has 0 aromatic heterocycles. The largest absolute Gasteiger partial charge is 0.462 e. The maximum Gasteiger partial charge on any atom is 0.313 e. The van der Waals surface area contributed by atoms with Crippen LogP contribution in [-0.4, -0.2) is 37.1 Å². The molecule has 2 rings (SSSR count). The van der Waals surface area contributed by atoms with Crippen molar-refractivity contribution in [1.29, 1.82) is 0 Å². The summed E-state index contributed by atoms with van der Waals surface area (Å²) < 4.78 is 5.59. The molecule has 1 saturated heterocycles. The van der Waals surface area contributed by atoms with Crippen molar-refractivity contribution in [1.82, 2.24) is 4.90 Å². The summed E-state index contributed by atoms with van der Waals surface area (Å²) in [6, 6.07) is 7.43. The Morgan fingerprint density at radius 3 is 2.74 bits per heavy atom. The Bertz CT molecular complexity index is 440. The van der Waals surface area contributed by atoms with Gasteiger partial charge in [0, 0.05) is 18.8 Å². The van der Waals surface area contributed by atoms with Gasteiger partial charge in [-0.2, -0.15) is 0 Å². The molecule has 0 saturated carbocycles. The number of nitrogens with zero attached hydrogens (tertiary/aromatic N) is 1. The number of likely N-dealkylation sites (tertiary alicyclic amines) is 1. The second-order valence-electron chi connectivity index (χ2n) is 5.33. The number of nitrogen functional groups attached to an aromatic ring is 1. The second kappa shape index (κ2) is 6.06. The van der Waals surface area contributed by atoms with E-state index in [0.717, 1.165) is 31.5 Å². The van der Waals surface area contributed by atoms with Crippen LogP contribution in [0.5, 0.6) is 0 Å². The normalized spacial score (nSPS) is 19.1. The first-order valence-electron chi connectivity index (χ1n) is 6.80. The van der Waals surface area contributed by atoms with Crippen LogP contribution in [0, 0.1) is 0 Å². The molecule has 1 aromatic rings. The molecule has 4 heteroatoms. The Balaban J connectivity index is 1.92. The molecule has 2 N–H and O–H groups in total. The first-order valence-corrected chi connectivity index (χ1v) is 6.80. The van der Waals surface area contributed by atoms with Gasteiger partial charge in [0.05, 0.1) is 5.92 Å². The summed E-state index contributed by atoms with van der Waals surface area (Å²) in [4.78, 5) is 14.4. The van der Waals surface area contributed by atoms with Crippen molar-refractivity contribution >= 4 is 11.7 Å². The fourth-order valence-electron chi connectivity index (χ4n) is 2.33. The molecule has 0 amide bonds. The van der Waals surface area contributed by atoms with Crippen molar-refractivity contribution in [3.8, 4) is 0 Å². The van der Waals surface area contributed by atoms with Gasteiger partial charge in [-0.05, 0) is 44.5 Å². The van der Waals surface area contributed by atoms with Crippen LogP contribution in [0.2, 0.25) is 0 Å². The average Bonchev–Trinajstić information content (AvgIpc) is 2.40. The van der Waals surface area contributed by atoms with Crippen molar-refractivity contribution in [2.45, 2.75) is 31.8 Å². The number of rotatable bonds is 3. The van der Waals surface area contributed by atoms with Crippen molar-refractivity contribution in [3.63, 3.8) is 0 Å². The molecule has 1 aliphatic rings. The van der Waals surface area contributed by atoms with E-state index in [1.165, 1.54) is 0 Å². The van der Waals surface area contributed by atoms with E-state index < -0.39 is 0 Å². The highest BCUT2D eigenvalue weighted by Gasteiger charge is 2.24. The number of carbonyl (C=O) groups excluding carboxylic acids is 1. The van der Waals surface area contributed by atoms with Gasteiger partial charge in [-0.3, -0.25) is 4.79 Å². The van der Waals surface area contributed by atoms with Gasteiger partial charge in [0.15, 0.2) is 0 Å². The third kappa shape index (κ3) is 3.70. The quantitative estimate of drug-likeness (QED) is 0.669. The van der Waals surface area contributed by atoms with Gasteiger partial charge < -0.3 is 15.4 Å². The minimum Gasteiger partial charge on any atom is -0.462 e. The number of carbonyl (C=O) groups is 1. The number of hydrogen-bond acceptors (Lipinski definition) is 4. The molecule has 104 valence electrons. The highest BCUT2D eigenvalue weighted by atomic mass is 16.5. The van der Waals surface area contributed by atoms with E-state index in [2.05, 4.69) is 11.9 Å². The van der Waals surface area contributed by atoms with E-state index in [-0.39, 0.29) is 18.0 Å². The van der Waals surface area contributed by atoms with Gasteiger partial charge in [-0.25, -0.2) is 0 Å². The Labute approximate surface area is 114 Å². The lowest BCUT2D eigenvalue weighted by Gasteiger charge is -2.29. The Morgan fingerprint density at radius 1 is 1.42 bits per heavy atom. The van der Waals surface area contributed by atoms with Crippen LogP contribution in [-0.2, 0) is 9.53 Å². The highest BCUT2D eigenvalue weighted by Crippen LogP contribution is 2.21. The predicted molar refractivity (Wildman–Crippen MR) is 75.9 cm³/mol. The van der Waals surface area contributed by atoms with Gasteiger partial charge in [-0.1, -0.05) is 12.1 Å². The average molecular weight is 262 g/mol. The third-order valence-corrected chi connectivity index (χ3v) is 3.71. The van der Waals surface area contributed by atoms with Crippen LogP contribution in [0.3, 0.4) is 0 Å². The first kappa shape index (κ1) is 13.9. The summed E-state index contributed by atoms with van der Waals surface area (Å²) in [5, 5.41) is 0. The number of hydrogen-bond donors (Lipinski definition) is 1. The zero-order chi connectivity index (χ0) is 13.8. The van der Waals surface area contributed by atoms with E-state index in [0.29, 0.717) is 5.69 Å². The van der Waals surface area contributed by atoms with Crippen LogP contribution in [0.25, 0.3) is 0 Å². The Morgan fingerprint density at radius 2 is 2.11 bits per heavy atom. The van der Waals surface area contributed by atoms with Crippen molar-refractivity contribution in [2.24, 2.45) is 0 Å². The molecule has 4 nitrogen and oxygen atoms in total. The fourth-order valence-corrected chi connectivity index (χ4v) is 2.33. The molecule has 1 aromatic carbocycles. The molecule has 0 bridgehead atoms. The van der Waals surface area contributed by atoms with Gasteiger partial charge in [0.1, 0.15) is 6.10 Å². The SMILES string of the molecule is CC(C(=O)OC1CCN(C)CC1)c1cccc(N)c1. The smallest absolute Gasteiger partial charge is 0.313 e. The monoisotopic (exact) mass is 262 g/mol. The molecule has 1 atom stereocenters. The van der Waals surface area contributed by atoms with Crippen LogP contribution in [0.4, 0.5) is 5.69 Å². The molecular formula is C15H22N2O2. The van der Waals surface area contributed by atoms with Gasteiger partial charge in [0.2, 0.25) is 0 Å². The molecule has 0 aliphatic carbocycles. The van der Waals surface area contributed by atoms with Gasteiger partial charge in [-0.15, -0.1) is 0 Å². The van der Waals surface area contributed by atoms with E-state index in [1.807, 2.05) is 31.2 Å². The molecule has 1 aliphatic heterocycles. The summed E-state index contributed by atoms with van der Waals surface area (Å²) in [5.41, 5.74) is 7.33. The zero-order valence-corrected chi connectivity index (χ0v) is 11.6. The van der Waals surface area contributed by atoms with Crippen molar-refractivity contribution in [2.75, 3.05) is 25.9 Å². The molecule has 0 spiro atoms. The standard InChI is InChI=1S/C15H22N2O2/c1-11(12-4-3-5-13(16)10-12)15(18)19-14-6-8-17(2)9-7-14/h3-5,10-11,14H,6-9,16H2,1-2H3. The maximum absolute atomic E-state index is 12.1. The van der Waals surface area contributed by atoms with Crippen LogP contribution in [0.15, 0.2) is 24.3 Å². The lowest BCUT2D eigenvalue weighted by molar-refractivity contribution is -0.152. The topological polar surface area (TPSA) is 55.6 Å². The zero-order valence-electron chi connectivity index (χ0n) is 11.6. The van der Waals surface area contributed by atoms with Gasteiger partial charge >= 0.3 is 5.97 Å². The lowest BCUT2D eigenvalue weighted by atomic mass is 10.0. The highest BCUT2D eigenvalue weighted by molar-refractivity contribution is 5.78. The summed E-state index contributed by atoms with van der Waals surface area (Å²) in [7, 11) is 2.09. The van der Waals surface area contributed by atoms with Crippen LogP contribution < -0.4 is 5.73 Å². The summed E-state index contributed by atoms with van der Waals surface area (Å²) in [6.45, 7) is 3.85. The minimum atomic E-state index is -0.261. The van der Waals surface area contributed by atoms with Crippen molar-refractivity contribution in [3.05, 3.63) is 29.8 Å². The summed E-state index contributed by atoms with van der Waals surface area (Å²) >= 11 is 0. The van der Waals surface area contributed by atoms with Crippen LogP contribution >= 0.6 is 0 Å². The number of ether oxygens (including phenoxy) is 1.